The van der Waals surface area contributed by atoms with Crippen LogP contribution in [0, 0.1) is 11.2 Å². The van der Waals surface area contributed by atoms with Crippen LogP contribution in [-0.2, 0) is 6.54 Å². The molecule has 0 spiro atoms. The lowest BCUT2D eigenvalue weighted by Crippen LogP contribution is -2.54. The molecular formula is C15H23FN4. The van der Waals surface area contributed by atoms with Gasteiger partial charge in [-0.25, -0.2) is 4.39 Å². The van der Waals surface area contributed by atoms with E-state index in [9.17, 15) is 4.39 Å². The van der Waals surface area contributed by atoms with E-state index in [1.165, 1.54) is 12.1 Å². The van der Waals surface area contributed by atoms with Crippen LogP contribution in [-0.4, -0.2) is 47.9 Å². The number of nitrogens with zero attached hydrogens (tertiary/aromatic N) is 2. The summed E-state index contributed by atoms with van der Waals surface area (Å²) in [5.74, 6) is -0.422. The lowest BCUT2D eigenvalue weighted by molar-refractivity contribution is 0.0556. The monoisotopic (exact) mass is 278 g/mol. The molecule has 4 nitrogen and oxygen atoms in total. The van der Waals surface area contributed by atoms with Crippen molar-refractivity contribution in [2.24, 2.45) is 5.73 Å². The van der Waals surface area contributed by atoms with E-state index in [0.717, 1.165) is 18.7 Å². The van der Waals surface area contributed by atoms with Gasteiger partial charge >= 0.3 is 0 Å². The molecule has 2 unspecified atom stereocenters. The lowest BCUT2D eigenvalue weighted by atomic mass is 10.0. The van der Waals surface area contributed by atoms with Crippen LogP contribution in [0.15, 0.2) is 18.2 Å². The maximum Gasteiger partial charge on any atom is 0.123 e. The first-order chi connectivity index (χ1) is 9.38. The fourth-order valence-electron chi connectivity index (χ4n) is 2.82. The van der Waals surface area contributed by atoms with Crippen LogP contribution in [0.4, 0.5) is 4.39 Å². The molecule has 2 atom stereocenters. The first kappa shape index (κ1) is 14.9. The SMILES string of the molecule is CC1CN(Cc2ccc(F)cc2C(=N)N)CC(C)N1C. The number of nitrogens with one attached hydrogen (secondary N) is 1. The number of hydrogen-bond donors (Lipinski definition) is 2. The molecule has 0 saturated carbocycles. The van der Waals surface area contributed by atoms with Crippen molar-refractivity contribution in [2.45, 2.75) is 32.5 Å². The second kappa shape index (κ2) is 5.89. The number of hydrogen-bond acceptors (Lipinski definition) is 3. The van der Waals surface area contributed by atoms with Crippen molar-refractivity contribution in [3.63, 3.8) is 0 Å². The van der Waals surface area contributed by atoms with E-state index in [0.29, 0.717) is 24.2 Å². The molecule has 0 bridgehead atoms. The minimum atomic E-state index is -0.348. The third kappa shape index (κ3) is 3.16. The lowest BCUT2D eigenvalue weighted by Gasteiger charge is -2.42. The average Bonchev–Trinajstić information content (AvgIpc) is 2.37. The number of likely N-dealkylation sites (N-methyl/N-ethyl adjacent to an activating group) is 1. The number of amidine groups is 1. The standard InChI is InChI=1S/C15H23FN4/c1-10-7-20(8-11(2)19(10)3)9-12-4-5-13(16)6-14(12)15(17)18/h4-6,10-11H,7-9H2,1-3H3,(H3,17,18). The minimum absolute atomic E-state index is 0.0743. The fourth-order valence-corrected chi connectivity index (χ4v) is 2.82. The van der Waals surface area contributed by atoms with Crippen LogP contribution in [0.1, 0.15) is 25.0 Å². The number of nitrogens with two attached hydrogens (primary N) is 1. The van der Waals surface area contributed by atoms with Crippen LogP contribution in [0.5, 0.6) is 0 Å². The van der Waals surface area contributed by atoms with Gasteiger partial charge in [-0.1, -0.05) is 6.07 Å². The molecule has 5 heteroatoms. The smallest absolute Gasteiger partial charge is 0.123 e. The van der Waals surface area contributed by atoms with Gasteiger partial charge in [0.05, 0.1) is 0 Å². The maximum absolute atomic E-state index is 13.3. The third-order valence-corrected chi connectivity index (χ3v) is 4.19. The van der Waals surface area contributed by atoms with Crippen molar-refractivity contribution in [3.8, 4) is 0 Å². The molecule has 1 saturated heterocycles. The molecule has 20 heavy (non-hydrogen) atoms. The topological polar surface area (TPSA) is 56.4 Å². The molecule has 0 amide bonds. The summed E-state index contributed by atoms with van der Waals surface area (Å²) in [6.07, 6.45) is 0. The molecule has 1 heterocycles. The molecule has 0 aliphatic carbocycles. The summed E-state index contributed by atoms with van der Waals surface area (Å²) in [7, 11) is 2.14. The van der Waals surface area contributed by atoms with Gasteiger partial charge in [-0.2, -0.15) is 0 Å². The summed E-state index contributed by atoms with van der Waals surface area (Å²) < 4.78 is 13.3. The Bertz CT molecular complexity index is 491. The molecular weight excluding hydrogens is 255 g/mol. The van der Waals surface area contributed by atoms with E-state index in [1.807, 2.05) is 0 Å². The maximum atomic E-state index is 13.3. The molecule has 1 aliphatic heterocycles. The molecule has 1 aromatic carbocycles. The van der Waals surface area contributed by atoms with E-state index in [2.05, 4.69) is 30.7 Å². The van der Waals surface area contributed by atoms with E-state index in [1.54, 1.807) is 6.07 Å². The van der Waals surface area contributed by atoms with E-state index < -0.39 is 0 Å². The van der Waals surface area contributed by atoms with Gasteiger partial charge in [0.25, 0.3) is 0 Å². The Morgan fingerprint density at radius 3 is 2.50 bits per heavy atom. The predicted molar refractivity (Wildman–Crippen MR) is 79.4 cm³/mol. The van der Waals surface area contributed by atoms with Crippen LogP contribution in [0.2, 0.25) is 0 Å². The van der Waals surface area contributed by atoms with Crippen molar-refractivity contribution < 1.29 is 4.39 Å². The third-order valence-electron chi connectivity index (χ3n) is 4.19. The van der Waals surface area contributed by atoms with Crippen molar-refractivity contribution >= 4 is 5.84 Å². The molecule has 1 fully saturated rings. The van der Waals surface area contributed by atoms with Crippen molar-refractivity contribution in [1.29, 1.82) is 5.41 Å². The number of benzene rings is 1. The van der Waals surface area contributed by atoms with E-state index in [4.69, 9.17) is 11.1 Å². The minimum Gasteiger partial charge on any atom is -0.384 e. The molecule has 0 aromatic heterocycles. The van der Waals surface area contributed by atoms with Gasteiger partial charge in [0.2, 0.25) is 0 Å². The first-order valence-corrected chi connectivity index (χ1v) is 6.95. The zero-order chi connectivity index (χ0) is 14.9. The van der Waals surface area contributed by atoms with Gasteiger partial charge in [0.1, 0.15) is 11.7 Å². The normalized spacial score (nSPS) is 24.8. The molecule has 3 N–H and O–H groups in total. The number of nitrogen functional groups attached to an aromatic ring is 1. The molecule has 0 radical (unpaired) electrons. The van der Waals surface area contributed by atoms with Gasteiger partial charge in [-0.05, 0) is 38.6 Å². The van der Waals surface area contributed by atoms with Crippen LogP contribution in [0.3, 0.4) is 0 Å². The highest BCUT2D eigenvalue weighted by Gasteiger charge is 2.26. The van der Waals surface area contributed by atoms with Crippen LogP contribution < -0.4 is 5.73 Å². The summed E-state index contributed by atoms with van der Waals surface area (Å²) in [6, 6.07) is 5.49. The highest BCUT2D eigenvalue weighted by molar-refractivity contribution is 5.96. The summed E-state index contributed by atoms with van der Waals surface area (Å²) in [5, 5.41) is 7.59. The Morgan fingerprint density at radius 1 is 1.35 bits per heavy atom. The zero-order valence-corrected chi connectivity index (χ0v) is 12.4. The van der Waals surface area contributed by atoms with Crippen molar-refractivity contribution in [3.05, 3.63) is 35.1 Å². The Kier molecular flexibility index (Phi) is 4.40. The summed E-state index contributed by atoms with van der Waals surface area (Å²) in [5.41, 5.74) is 6.98. The van der Waals surface area contributed by atoms with E-state index >= 15 is 0 Å². The highest BCUT2D eigenvalue weighted by Crippen LogP contribution is 2.18. The first-order valence-electron chi connectivity index (χ1n) is 6.95. The second-order valence-corrected chi connectivity index (χ2v) is 5.77. The zero-order valence-electron chi connectivity index (χ0n) is 12.4. The molecule has 2 rings (SSSR count). The Balaban J connectivity index is 2.16. The average molecular weight is 278 g/mol. The number of halogens is 1. The highest BCUT2D eigenvalue weighted by atomic mass is 19.1. The van der Waals surface area contributed by atoms with Gasteiger partial charge in [-0.3, -0.25) is 15.2 Å². The van der Waals surface area contributed by atoms with Gasteiger partial charge in [0.15, 0.2) is 0 Å². The largest absolute Gasteiger partial charge is 0.384 e. The number of rotatable bonds is 3. The Labute approximate surface area is 119 Å². The van der Waals surface area contributed by atoms with Crippen LogP contribution >= 0.6 is 0 Å². The second-order valence-electron chi connectivity index (χ2n) is 5.77. The summed E-state index contributed by atoms with van der Waals surface area (Å²) >= 11 is 0. The molecule has 1 aliphatic rings. The number of piperazine rings is 1. The predicted octanol–water partition coefficient (Wildman–Crippen LogP) is 1.63. The van der Waals surface area contributed by atoms with Crippen molar-refractivity contribution in [1.82, 2.24) is 9.80 Å². The molecule has 110 valence electrons. The summed E-state index contributed by atoms with van der Waals surface area (Å²) in [6.45, 7) is 7.06. The van der Waals surface area contributed by atoms with Gasteiger partial charge in [-0.15, -0.1) is 0 Å². The quantitative estimate of drug-likeness (QED) is 0.653. The fraction of sp³-hybridized carbons (Fsp3) is 0.533. The van der Waals surface area contributed by atoms with E-state index in [-0.39, 0.29) is 11.7 Å². The Morgan fingerprint density at radius 2 is 1.95 bits per heavy atom. The Hall–Kier alpha value is -1.46. The van der Waals surface area contributed by atoms with Gasteiger partial charge < -0.3 is 5.73 Å². The summed E-state index contributed by atoms with van der Waals surface area (Å²) in [4.78, 5) is 4.71. The van der Waals surface area contributed by atoms with Gasteiger partial charge in [0, 0.05) is 37.3 Å². The van der Waals surface area contributed by atoms with Crippen LogP contribution in [0.25, 0.3) is 0 Å². The molecule has 1 aromatic rings. The van der Waals surface area contributed by atoms with Crippen molar-refractivity contribution in [2.75, 3.05) is 20.1 Å².